The van der Waals surface area contributed by atoms with Crippen LogP contribution in [0.5, 0.6) is 11.5 Å². The van der Waals surface area contributed by atoms with Crippen LogP contribution in [0.25, 0.3) is 0 Å². The molecule has 2 rings (SSSR count). The minimum Gasteiger partial charge on any atom is -0.504 e. The van der Waals surface area contributed by atoms with E-state index in [9.17, 15) is 5.11 Å². The summed E-state index contributed by atoms with van der Waals surface area (Å²) >= 11 is 0. The van der Waals surface area contributed by atoms with Gasteiger partial charge in [-0.1, -0.05) is 12.1 Å². The lowest BCUT2D eigenvalue weighted by molar-refractivity contribution is 0.363. The lowest BCUT2D eigenvalue weighted by Gasteiger charge is -2.25. The highest BCUT2D eigenvalue weighted by molar-refractivity contribution is 5.80. The molecule has 1 unspecified atom stereocenters. The summed E-state index contributed by atoms with van der Waals surface area (Å²) in [7, 11) is 1.52. The van der Waals surface area contributed by atoms with E-state index < -0.39 is 0 Å². The smallest absolute Gasteiger partial charge is 0.192 e. The van der Waals surface area contributed by atoms with Gasteiger partial charge in [0.05, 0.1) is 19.7 Å². The number of phenolic OH excluding ortho intramolecular Hbond substituents is 1. The van der Waals surface area contributed by atoms with Crippen molar-refractivity contribution < 1.29 is 9.84 Å². The van der Waals surface area contributed by atoms with Gasteiger partial charge in [0.1, 0.15) is 0 Å². The molecule has 1 atom stereocenters. The molecule has 0 amide bonds. The molecular weight excluding hydrogens is 230 g/mol. The lowest BCUT2D eigenvalue weighted by atomic mass is 10.1. The van der Waals surface area contributed by atoms with Crippen molar-refractivity contribution >= 4 is 5.96 Å². The second kappa shape index (κ2) is 5.00. The summed E-state index contributed by atoms with van der Waals surface area (Å²) in [6, 6.07) is 5.38. The van der Waals surface area contributed by atoms with Crippen LogP contribution < -0.4 is 10.5 Å². The summed E-state index contributed by atoms with van der Waals surface area (Å²) in [6.45, 7) is 4.93. The molecule has 0 aromatic heterocycles. The largest absolute Gasteiger partial charge is 0.504 e. The van der Waals surface area contributed by atoms with Crippen molar-refractivity contribution in [1.82, 2.24) is 4.90 Å². The lowest BCUT2D eigenvalue weighted by Crippen LogP contribution is -2.36. The van der Waals surface area contributed by atoms with Gasteiger partial charge in [-0.15, -0.1) is 6.58 Å². The van der Waals surface area contributed by atoms with Gasteiger partial charge < -0.3 is 20.5 Å². The first-order chi connectivity index (χ1) is 8.67. The van der Waals surface area contributed by atoms with Gasteiger partial charge in [-0.05, 0) is 17.7 Å². The number of phenols is 1. The van der Waals surface area contributed by atoms with E-state index in [4.69, 9.17) is 10.5 Å². The molecule has 0 aliphatic carbocycles. The Hall–Kier alpha value is -2.17. The van der Waals surface area contributed by atoms with Gasteiger partial charge in [0.15, 0.2) is 17.5 Å². The number of nitrogens with two attached hydrogens (primary N) is 1. The minimum atomic E-state index is 0.0415. The normalized spacial score (nSPS) is 18.6. The fraction of sp³-hybridized carbons (Fsp3) is 0.308. The molecule has 1 aromatic rings. The van der Waals surface area contributed by atoms with Crippen LogP contribution in [0.15, 0.2) is 35.8 Å². The zero-order valence-corrected chi connectivity index (χ0v) is 10.3. The zero-order chi connectivity index (χ0) is 13.1. The van der Waals surface area contributed by atoms with Gasteiger partial charge in [0.2, 0.25) is 0 Å². The molecule has 0 fully saturated rings. The van der Waals surface area contributed by atoms with Crippen molar-refractivity contribution in [1.29, 1.82) is 0 Å². The van der Waals surface area contributed by atoms with Crippen LogP contribution in [0.4, 0.5) is 0 Å². The van der Waals surface area contributed by atoms with Gasteiger partial charge >= 0.3 is 0 Å². The Balaban J connectivity index is 2.26. The Bertz CT molecular complexity index is 485. The third-order valence-corrected chi connectivity index (χ3v) is 3.01. The number of guanidine groups is 1. The second-order valence-corrected chi connectivity index (χ2v) is 4.09. The number of methoxy groups -OCH3 is 1. The molecule has 18 heavy (non-hydrogen) atoms. The highest BCUT2D eigenvalue weighted by atomic mass is 16.5. The van der Waals surface area contributed by atoms with Crippen molar-refractivity contribution in [2.24, 2.45) is 10.7 Å². The zero-order valence-electron chi connectivity index (χ0n) is 10.3. The van der Waals surface area contributed by atoms with Crippen molar-refractivity contribution in [2.75, 3.05) is 20.2 Å². The summed E-state index contributed by atoms with van der Waals surface area (Å²) in [6.07, 6.45) is 1.78. The highest BCUT2D eigenvalue weighted by Crippen LogP contribution is 2.32. The van der Waals surface area contributed by atoms with Gasteiger partial charge in [0.25, 0.3) is 0 Å². The average molecular weight is 247 g/mol. The van der Waals surface area contributed by atoms with E-state index in [1.165, 1.54) is 7.11 Å². The van der Waals surface area contributed by atoms with E-state index in [1.807, 2.05) is 11.0 Å². The van der Waals surface area contributed by atoms with Gasteiger partial charge in [-0.25, -0.2) is 0 Å². The molecule has 96 valence electrons. The van der Waals surface area contributed by atoms with Crippen molar-refractivity contribution in [3.8, 4) is 11.5 Å². The molecule has 1 heterocycles. The van der Waals surface area contributed by atoms with Crippen LogP contribution in [0.1, 0.15) is 11.6 Å². The molecule has 0 saturated heterocycles. The van der Waals surface area contributed by atoms with E-state index >= 15 is 0 Å². The number of aromatic hydroxyl groups is 1. The first kappa shape index (κ1) is 12.3. The number of hydrogen-bond donors (Lipinski definition) is 2. The number of benzene rings is 1. The fourth-order valence-electron chi connectivity index (χ4n) is 2.09. The second-order valence-electron chi connectivity index (χ2n) is 4.09. The van der Waals surface area contributed by atoms with E-state index in [1.54, 1.807) is 18.2 Å². The number of rotatable bonds is 4. The number of hydrogen-bond acceptors (Lipinski definition) is 5. The highest BCUT2D eigenvalue weighted by Gasteiger charge is 2.26. The Morgan fingerprint density at radius 1 is 1.67 bits per heavy atom. The van der Waals surface area contributed by atoms with Crippen LogP contribution in [0.3, 0.4) is 0 Å². The predicted molar refractivity (Wildman–Crippen MR) is 70.8 cm³/mol. The molecule has 1 aliphatic heterocycles. The number of ether oxygens (including phenoxy) is 1. The molecular formula is C13H17N3O2. The Labute approximate surface area is 106 Å². The quantitative estimate of drug-likeness (QED) is 0.786. The maximum absolute atomic E-state index is 9.80. The fourth-order valence-corrected chi connectivity index (χ4v) is 2.09. The summed E-state index contributed by atoms with van der Waals surface area (Å²) < 4.78 is 5.02. The molecule has 0 bridgehead atoms. The van der Waals surface area contributed by atoms with Crippen molar-refractivity contribution in [3.63, 3.8) is 0 Å². The first-order valence-electron chi connectivity index (χ1n) is 5.71. The topological polar surface area (TPSA) is 71.1 Å². The Morgan fingerprint density at radius 2 is 2.44 bits per heavy atom. The monoisotopic (exact) mass is 247 g/mol. The molecule has 3 N–H and O–H groups in total. The number of aliphatic imine (C=N–C) groups is 1. The van der Waals surface area contributed by atoms with Crippen LogP contribution in [0, 0.1) is 0 Å². The molecule has 1 aromatic carbocycles. The number of nitrogens with zero attached hydrogens (tertiary/aromatic N) is 2. The summed E-state index contributed by atoms with van der Waals surface area (Å²) in [5, 5.41) is 9.80. The molecule has 0 radical (unpaired) electrons. The third kappa shape index (κ3) is 2.11. The first-order valence-corrected chi connectivity index (χ1v) is 5.71. The molecule has 0 spiro atoms. The Morgan fingerprint density at radius 3 is 3.06 bits per heavy atom. The third-order valence-electron chi connectivity index (χ3n) is 3.01. The molecule has 1 aliphatic rings. The molecule has 0 saturated carbocycles. The predicted octanol–water partition coefficient (Wildman–Crippen LogP) is 1.26. The standard InChI is InChI=1S/C13H17N3O2/c1-3-6-16-10(8-15-13(16)14)9-4-5-12(18-2)11(17)7-9/h3-5,7,10,17H,1,6,8H2,2H3,(H2,14,15). The van der Waals surface area contributed by atoms with E-state index in [-0.39, 0.29) is 11.8 Å². The SMILES string of the molecule is C=CCN1C(N)=NCC1c1ccc(OC)c(O)c1. The summed E-state index contributed by atoms with van der Waals surface area (Å²) in [4.78, 5) is 6.18. The Kier molecular flexibility index (Phi) is 3.41. The van der Waals surface area contributed by atoms with Crippen molar-refractivity contribution in [3.05, 3.63) is 36.4 Å². The van der Waals surface area contributed by atoms with Gasteiger partial charge in [-0.2, -0.15) is 0 Å². The van der Waals surface area contributed by atoms with E-state index in [0.29, 0.717) is 24.8 Å². The maximum atomic E-state index is 9.80. The minimum absolute atomic E-state index is 0.0415. The van der Waals surface area contributed by atoms with Crippen LogP contribution in [-0.4, -0.2) is 36.2 Å². The van der Waals surface area contributed by atoms with Crippen molar-refractivity contribution in [2.45, 2.75) is 6.04 Å². The van der Waals surface area contributed by atoms with E-state index in [0.717, 1.165) is 5.56 Å². The summed E-state index contributed by atoms with van der Waals surface area (Å²) in [5.41, 5.74) is 6.79. The van der Waals surface area contributed by atoms with Crippen LogP contribution in [-0.2, 0) is 0 Å². The molecule has 5 heteroatoms. The molecule has 5 nitrogen and oxygen atoms in total. The maximum Gasteiger partial charge on any atom is 0.192 e. The van der Waals surface area contributed by atoms with Crippen LogP contribution >= 0.6 is 0 Å². The van der Waals surface area contributed by atoms with Crippen LogP contribution in [0.2, 0.25) is 0 Å². The van der Waals surface area contributed by atoms with Gasteiger partial charge in [-0.3, -0.25) is 4.99 Å². The van der Waals surface area contributed by atoms with E-state index in [2.05, 4.69) is 11.6 Å². The summed E-state index contributed by atoms with van der Waals surface area (Å²) in [5.74, 6) is 1.09. The average Bonchev–Trinajstić information content (AvgIpc) is 2.72. The van der Waals surface area contributed by atoms with Gasteiger partial charge in [0, 0.05) is 6.54 Å².